The number of carbonyl (C=O) groups excluding carboxylic acids is 3. The Labute approximate surface area is 335 Å². The van der Waals surface area contributed by atoms with Gasteiger partial charge in [-0.2, -0.15) is 4.31 Å². The van der Waals surface area contributed by atoms with Crippen molar-refractivity contribution in [3.63, 3.8) is 0 Å². The minimum Gasteiger partial charge on any atom is -0.396 e. The molecule has 0 bridgehead atoms. The molecule has 11 N–H and O–H groups in total. The number of nitrogen functional groups attached to an aromatic ring is 1. The highest BCUT2D eigenvalue weighted by Gasteiger charge is 2.50. The number of imidazole rings is 1. The van der Waals surface area contributed by atoms with Gasteiger partial charge in [-0.25, -0.2) is 28.6 Å². The lowest BCUT2D eigenvalue weighted by Crippen LogP contribution is -2.46. The van der Waals surface area contributed by atoms with Crippen LogP contribution in [0.3, 0.4) is 0 Å². The van der Waals surface area contributed by atoms with Gasteiger partial charge in [0.25, 0.3) is 0 Å². The molecular weight excluding hydrogens is 859 g/mol. The first-order chi connectivity index (χ1) is 27.0. The molecule has 2 aromatic heterocycles. The predicted molar refractivity (Wildman–Crippen MR) is 200 cm³/mol. The molecule has 2 amide bonds. The lowest BCUT2D eigenvalue weighted by atomic mass is 9.83. The van der Waals surface area contributed by atoms with Crippen molar-refractivity contribution in [2.45, 2.75) is 76.6 Å². The number of nitrogens with zero attached hydrogens (tertiary/aromatic N) is 4. The summed E-state index contributed by atoms with van der Waals surface area (Å²) in [6, 6.07) is 0. The number of aliphatic hydroxyl groups is 3. The van der Waals surface area contributed by atoms with E-state index in [4.69, 9.17) is 19.5 Å². The maximum Gasteiger partial charge on any atom is 0.481 e. The van der Waals surface area contributed by atoms with Gasteiger partial charge in [-0.15, -0.1) is 0 Å². The molecule has 0 spiro atoms. The van der Waals surface area contributed by atoms with E-state index in [2.05, 4.69) is 34.4 Å². The summed E-state index contributed by atoms with van der Waals surface area (Å²) in [5.41, 5.74) is 4.26. The lowest BCUT2D eigenvalue weighted by molar-refractivity contribution is -0.137. The number of nitrogens with two attached hydrogens (primary N) is 1. The summed E-state index contributed by atoms with van der Waals surface area (Å²) in [6.45, 7) is 0.601. The van der Waals surface area contributed by atoms with Gasteiger partial charge in [0, 0.05) is 43.2 Å². The van der Waals surface area contributed by atoms with Gasteiger partial charge in [-0.1, -0.05) is 25.6 Å². The van der Waals surface area contributed by atoms with Crippen LogP contribution in [0.2, 0.25) is 0 Å². The first kappa shape index (κ1) is 48.2. The van der Waals surface area contributed by atoms with E-state index in [0.717, 1.165) is 54.7 Å². The first-order valence-electron chi connectivity index (χ1n) is 17.7. The maximum atomic E-state index is 12.7. The molecule has 29 heteroatoms. The highest BCUT2D eigenvalue weighted by Crippen LogP contribution is 2.61. The van der Waals surface area contributed by atoms with E-state index in [1.807, 2.05) is 0 Å². The minimum atomic E-state index is -5.57. The van der Waals surface area contributed by atoms with Gasteiger partial charge >= 0.3 is 23.5 Å². The third kappa shape index (κ3) is 13.8. The van der Waals surface area contributed by atoms with Crippen molar-refractivity contribution in [2.24, 2.45) is 17.3 Å². The summed E-state index contributed by atoms with van der Waals surface area (Å²) in [6.07, 6.45) is -3.89. The van der Waals surface area contributed by atoms with Gasteiger partial charge in [-0.3, -0.25) is 32.5 Å². The molecule has 58 heavy (non-hydrogen) atoms. The van der Waals surface area contributed by atoms with Crippen LogP contribution < -0.4 is 16.4 Å². The van der Waals surface area contributed by atoms with Gasteiger partial charge in [0.05, 0.1) is 19.5 Å². The smallest absolute Gasteiger partial charge is 0.396 e. The Bertz CT molecular complexity index is 1900. The number of nitrogens with one attached hydrogen (secondary N) is 2. The summed E-state index contributed by atoms with van der Waals surface area (Å²) in [4.78, 5) is 88.2. The fourth-order valence-electron chi connectivity index (χ4n) is 5.98. The highest BCUT2D eigenvalue weighted by molar-refractivity contribution is 8.13. The van der Waals surface area contributed by atoms with Crippen LogP contribution in [0.25, 0.3) is 11.2 Å². The molecular formula is C29H48N7O18P3S. The van der Waals surface area contributed by atoms with Crippen molar-refractivity contribution in [1.82, 2.24) is 30.2 Å². The van der Waals surface area contributed by atoms with Crippen molar-refractivity contribution in [2.75, 3.05) is 44.4 Å². The second-order valence-electron chi connectivity index (χ2n) is 14.1. The second-order valence-corrected chi connectivity index (χ2v) is 19.5. The van der Waals surface area contributed by atoms with Crippen LogP contribution in [0.1, 0.15) is 52.2 Å². The molecule has 2 aliphatic rings. The van der Waals surface area contributed by atoms with E-state index < -0.39 is 84.6 Å². The third-order valence-corrected chi connectivity index (χ3v) is 13.3. The zero-order valence-electron chi connectivity index (χ0n) is 31.2. The fourth-order valence-corrected chi connectivity index (χ4v) is 9.69. The van der Waals surface area contributed by atoms with Crippen molar-refractivity contribution in [3.05, 3.63) is 12.7 Å². The van der Waals surface area contributed by atoms with Crippen LogP contribution >= 0.6 is 35.2 Å². The Morgan fingerprint density at radius 2 is 1.71 bits per heavy atom. The van der Waals surface area contributed by atoms with Gasteiger partial charge < -0.3 is 56.0 Å². The number of amides is 2. The average molecular weight is 908 g/mol. The number of carbonyl (C=O) groups is 3. The Hall–Kier alpha value is -2.48. The third-order valence-electron chi connectivity index (χ3n) is 9.18. The number of phosphoric acid groups is 3. The maximum absolute atomic E-state index is 12.7. The molecule has 2 unspecified atom stereocenters. The Morgan fingerprint density at radius 1 is 1.03 bits per heavy atom. The number of hydrogen-bond donors (Lipinski definition) is 10. The molecule has 0 radical (unpaired) electrons. The monoisotopic (exact) mass is 907 g/mol. The quantitative estimate of drug-likeness (QED) is 0.0555. The topological polar surface area (TPSA) is 384 Å². The summed E-state index contributed by atoms with van der Waals surface area (Å²) in [5.74, 6) is -0.940. The summed E-state index contributed by atoms with van der Waals surface area (Å²) < 4.78 is 62.2. The molecule has 25 nitrogen and oxygen atoms in total. The van der Waals surface area contributed by atoms with Gasteiger partial charge in [0.2, 0.25) is 11.8 Å². The zero-order valence-corrected chi connectivity index (χ0v) is 34.7. The number of phosphoric ester groups is 3. The molecule has 0 aromatic carbocycles. The van der Waals surface area contributed by atoms with E-state index in [9.17, 15) is 63.0 Å². The largest absolute Gasteiger partial charge is 0.481 e. The molecule has 1 saturated heterocycles. The lowest BCUT2D eigenvalue weighted by Gasteiger charge is -2.30. The molecule has 1 aliphatic carbocycles. The molecule has 1 saturated carbocycles. The van der Waals surface area contributed by atoms with Crippen LogP contribution in [-0.2, 0) is 50.7 Å². The number of aromatic nitrogens is 4. The number of ether oxygens (including phenoxy) is 1. The van der Waals surface area contributed by atoms with Crippen molar-refractivity contribution >= 4 is 69.1 Å². The summed E-state index contributed by atoms with van der Waals surface area (Å²) in [7, 11) is -16.4. The molecule has 2 aromatic rings. The van der Waals surface area contributed by atoms with E-state index in [-0.39, 0.29) is 60.1 Å². The SMILES string of the molecule is CC(C)(COP(=O)(O)OP(=O)(O)OC[C@H]1O[C@@H](n2cnc3c(N)ncnc32)[C@H](O)[C@@H]1OP(=O)(O)O)[C@@H](O)C(=O)NCCC(=O)NCCSC(=O)C1CCC(CO)CC1. The number of fused-ring (bicyclic) bond motifs is 1. The Kier molecular flexibility index (Phi) is 16.9. The van der Waals surface area contributed by atoms with Crippen molar-refractivity contribution < 1.29 is 85.6 Å². The van der Waals surface area contributed by atoms with Crippen molar-refractivity contribution in [1.29, 1.82) is 0 Å². The summed E-state index contributed by atoms with van der Waals surface area (Å²) >= 11 is 1.12. The predicted octanol–water partition coefficient (Wildman–Crippen LogP) is -0.537. The van der Waals surface area contributed by atoms with E-state index in [1.165, 1.54) is 13.8 Å². The number of aliphatic hydroxyl groups excluding tert-OH is 3. The fraction of sp³-hybridized carbons (Fsp3) is 0.724. The summed E-state index contributed by atoms with van der Waals surface area (Å²) in [5, 5.41) is 35.7. The molecule has 3 heterocycles. The van der Waals surface area contributed by atoms with Crippen LogP contribution in [0.5, 0.6) is 0 Å². The van der Waals surface area contributed by atoms with Crippen LogP contribution in [0.15, 0.2) is 12.7 Å². The number of anilines is 1. The number of thioether (sulfide) groups is 1. The Balaban J connectivity index is 1.20. The van der Waals surface area contributed by atoms with E-state index in [1.54, 1.807) is 0 Å². The van der Waals surface area contributed by atoms with E-state index >= 15 is 0 Å². The van der Waals surface area contributed by atoms with Crippen molar-refractivity contribution in [3.8, 4) is 0 Å². The second kappa shape index (κ2) is 20.4. The highest BCUT2D eigenvalue weighted by atomic mass is 32.2. The standard InChI is InChI=1S/C29H48N7O18P3S/c1-29(2,23(40)26(41)32-8-7-19(38)31-9-10-58-28(42)17-5-3-16(11-37)4-6-17)13-51-57(48,49)54-56(46,47)50-12-18-22(53-55(43,44)45)21(39)27(52-18)36-15-35-20-24(30)33-14-34-25(20)36/h14-18,21-23,27,37,39-40H,3-13H2,1-2H3,(H,31,38)(H,32,41)(H,46,47)(H,48,49)(H2,30,33,34)(H2,43,44,45)/t16?,17?,18-,21-,22-,23+,27-/m1/s1. The average Bonchev–Trinajstić information content (AvgIpc) is 3.71. The zero-order chi connectivity index (χ0) is 43.1. The van der Waals surface area contributed by atoms with E-state index in [0.29, 0.717) is 5.75 Å². The minimum absolute atomic E-state index is 0.0288. The first-order valence-corrected chi connectivity index (χ1v) is 23.2. The number of rotatable bonds is 21. The molecule has 1 aliphatic heterocycles. The van der Waals surface area contributed by atoms with Crippen LogP contribution in [0, 0.1) is 17.3 Å². The number of hydrogen-bond acceptors (Lipinski definition) is 19. The molecule has 4 rings (SSSR count). The van der Waals surface area contributed by atoms with Gasteiger partial charge in [0.1, 0.15) is 36.3 Å². The van der Waals surface area contributed by atoms with Crippen LogP contribution in [-0.4, -0.2) is 134 Å². The molecule has 7 atom stereocenters. The normalized spacial score (nSPS) is 25.5. The molecule has 2 fully saturated rings. The van der Waals surface area contributed by atoms with Gasteiger partial charge in [-0.05, 0) is 31.6 Å². The Morgan fingerprint density at radius 3 is 2.36 bits per heavy atom. The molecule has 328 valence electrons. The van der Waals surface area contributed by atoms with Crippen LogP contribution in [0.4, 0.5) is 5.82 Å². The van der Waals surface area contributed by atoms with Gasteiger partial charge in [0.15, 0.2) is 22.8 Å².